The van der Waals surface area contributed by atoms with Gasteiger partial charge in [0.25, 0.3) is 0 Å². The van der Waals surface area contributed by atoms with Crippen molar-refractivity contribution in [1.29, 1.82) is 0 Å². The Balaban J connectivity index is 3.17. The molecule has 0 N–H and O–H groups in total. The molecule has 0 aliphatic carbocycles. The zero-order valence-corrected chi connectivity index (χ0v) is 6.58. The van der Waals surface area contributed by atoms with E-state index in [2.05, 4.69) is 20.9 Å². The van der Waals surface area contributed by atoms with Crippen molar-refractivity contribution in [3.63, 3.8) is 0 Å². The van der Waals surface area contributed by atoms with Gasteiger partial charge in [0.1, 0.15) is 0 Å². The number of hydrogen-bond acceptors (Lipinski definition) is 1. The molecule has 0 fully saturated rings. The van der Waals surface area contributed by atoms with E-state index in [1.807, 2.05) is 0 Å². The summed E-state index contributed by atoms with van der Waals surface area (Å²) in [4.78, 5) is 3.33. The lowest BCUT2D eigenvalue weighted by atomic mass is 10.5. The zero-order chi connectivity index (χ0) is 6.85. The summed E-state index contributed by atoms with van der Waals surface area (Å²) in [7, 11) is 0. The van der Waals surface area contributed by atoms with E-state index in [4.69, 9.17) is 11.6 Å². The van der Waals surface area contributed by atoms with E-state index in [0.717, 1.165) is 0 Å². The van der Waals surface area contributed by atoms with Crippen LogP contribution in [0.1, 0.15) is 0 Å². The Morgan fingerprint density at radius 2 is 2.33 bits per heavy atom. The van der Waals surface area contributed by atoms with Crippen LogP contribution in [0, 0.1) is 5.95 Å². The van der Waals surface area contributed by atoms with Gasteiger partial charge in [-0.3, -0.25) is 0 Å². The molecule has 0 atom stereocenters. The fraction of sp³-hybridized carbons (Fsp3) is 0. The van der Waals surface area contributed by atoms with E-state index in [1.54, 1.807) is 0 Å². The van der Waals surface area contributed by atoms with Gasteiger partial charge in [-0.25, -0.2) is 4.98 Å². The van der Waals surface area contributed by atoms with Crippen LogP contribution in [0.25, 0.3) is 0 Å². The Morgan fingerprint density at radius 3 is 2.78 bits per heavy atom. The third kappa shape index (κ3) is 1.63. The first-order valence-corrected chi connectivity index (χ1v) is 3.34. The van der Waals surface area contributed by atoms with Gasteiger partial charge < -0.3 is 0 Å². The normalized spacial score (nSPS) is 9.67. The molecular formula is C5H2BrClFN. The highest BCUT2D eigenvalue weighted by atomic mass is 79.9. The van der Waals surface area contributed by atoms with Gasteiger partial charge in [0.05, 0.1) is 9.50 Å². The third-order valence-electron chi connectivity index (χ3n) is 0.763. The average Bonchev–Trinajstić information content (AvgIpc) is 1.80. The van der Waals surface area contributed by atoms with E-state index in [9.17, 15) is 4.39 Å². The first kappa shape index (κ1) is 6.96. The maximum Gasteiger partial charge on any atom is 0.227 e. The molecule has 1 heterocycles. The molecule has 0 aliphatic heterocycles. The van der Waals surface area contributed by atoms with Crippen molar-refractivity contribution < 1.29 is 4.39 Å². The lowest BCUT2D eigenvalue weighted by molar-refractivity contribution is 0.577. The molecule has 4 heteroatoms. The molecule has 9 heavy (non-hydrogen) atoms. The van der Waals surface area contributed by atoms with Gasteiger partial charge in [-0.2, -0.15) is 4.39 Å². The number of hydrogen-bond donors (Lipinski definition) is 0. The number of pyridine rings is 1. The lowest BCUT2D eigenvalue weighted by Gasteiger charge is -1.90. The Labute approximate surface area is 65.0 Å². The highest BCUT2D eigenvalue weighted by Crippen LogP contribution is 2.16. The van der Waals surface area contributed by atoms with Gasteiger partial charge in [-0.15, -0.1) is 0 Å². The predicted molar refractivity (Wildman–Crippen MR) is 36.9 cm³/mol. The highest BCUT2D eigenvalue weighted by Gasteiger charge is 1.98. The van der Waals surface area contributed by atoms with Gasteiger partial charge in [-0.1, -0.05) is 11.6 Å². The second-order valence-electron chi connectivity index (χ2n) is 1.43. The van der Waals surface area contributed by atoms with Crippen molar-refractivity contribution in [2.45, 2.75) is 0 Å². The van der Waals surface area contributed by atoms with Crippen molar-refractivity contribution in [1.82, 2.24) is 4.98 Å². The fourth-order valence-corrected chi connectivity index (χ4v) is 1.04. The standard InChI is InChI=1S/C5H2BrClFN/c6-4-1-3(7)2-9-5(4)8/h1-2H. The first-order valence-electron chi connectivity index (χ1n) is 2.16. The largest absolute Gasteiger partial charge is 0.227 e. The fourth-order valence-electron chi connectivity index (χ4n) is 0.398. The summed E-state index contributed by atoms with van der Waals surface area (Å²) in [6, 6.07) is 1.45. The first-order chi connectivity index (χ1) is 4.20. The minimum atomic E-state index is -0.542. The van der Waals surface area contributed by atoms with Crippen LogP contribution >= 0.6 is 27.5 Å². The Bertz CT molecular complexity index is 228. The molecule has 0 saturated heterocycles. The predicted octanol–water partition coefficient (Wildman–Crippen LogP) is 2.64. The van der Waals surface area contributed by atoms with E-state index in [0.29, 0.717) is 5.02 Å². The molecule has 0 saturated carbocycles. The van der Waals surface area contributed by atoms with Crippen LogP contribution in [0.15, 0.2) is 16.7 Å². The quantitative estimate of drug-likeness (QED) is 0.600. The van der Waals surface area contributed by atoms with Gasteiger partial charge in [0.2, 0.25) is 5.95 Å². The van der Waals surface area contributed by atoms with E-state index in [-0.39, 0.29) is 4.47 Å². The highest BCUT2D eigenvalue weighted by molar-refractivity contribution is 9.10. The van der Waals surface area contributed by atoms with Crippen molar-refractivity contribution in [2.24, 2.45) is 0 Å². The van der Waals surface area contributed by atoms with Crippen LogP contribution < -0.4 is 0 Å². The summed E-state index contributed by atoms with van der Waals surface area (Å²) >= 11 is 8.38. The van der Waals surface area contributed by atoms with Crippen LogP contribution in [0.4, 0.5) is 4.39 Å². The Hall–Kier alpha value is -0.150. The molecule has 0 amide bonds. The molecule has 0 spiro atoms. The summed E-state index contributed by atoms with van der Waals surface area (Å²) in [5.74, 6) is -0.542. The molecule has 0 aromatic carbocycles. The zero-order valence-electron chi connectivity index (χ0n) is 4.24. The summed E-state index contributed by atoms with van der Waals surface area (Å²) in [6.07, 6.45) is 1.25. The van der Waals surface area contributed by atoms with Gasteiger partial charge in [0, 0.05) is 6.20 Å². The average molecular weight is 210 g/mol. The second kappa shape index (κ2) is 2.62. The molecule has 0 radical (unpaired) electrons. The summed E-state index contributed by atoms with van der Waals surface area (Å²) in [6.45, 7) is 0. The minimum Gasteiger partial charge on any atom is -0.226 e. The van der Waals surface area contributed by atoms with Crippen LogP contribution in [0.5, 0.6) is 0 Å². The third-order valence-corrected chi connectivity index (χ3v) is 1.53. The lowest BCUT2D eigenvalue weighted by Crippen LogP contribution is -1.81. The molecule has 1 aromatic heterocycles. The van der Waals surface area contributed by atoms with E-state index in [1.165, 1.54) is 12.3 Å². The number of aromatic nitrogens is 1. The maximum atomic E-state index is 12.3. The summed E-state index contributed by atoms with van der Waals surface area (Å²) < 4.78 is 12.6. The molecule has 1 rings (SSSR count). The van der Waals surface area contributed by atoms with E-state index >= 15 is 0 Å². The van der Waals surface area contributed by atoms with Crippen molar-refractivity contribution in [2.75, 3.05) is 0 Å². The SMILES string of the molecule is Fc1ncc(Cl)cc1Br. The van der Waals surface area contributed by atoms with Crippen molar-refractivity contribution >= 4 is 27.5 Å². The van der Waals surface area contributed by atoms with Crippen LogP contribution in [-0.2, 0) is 0 Å². The Kier molecular flexibility index (Phi) is 2.03. The monoisotopic (exact) mass is 209 g/mol. The number of rotatable bonds is 0. The van der Waals surface area contributed by atoms with Gasteiger partial charge in [0.15, 0.2) is 0 Å². The Morgan fingerprint density at radius 1 is 1.67 bits per heavy atom. The number of nitrogens with zero attached hydrogens (tertiary/aromatic N) is 1. The molecule has 0 bridgehead atoms. The van der Waals surface area contributed by atoms with Crippen molar-refractivity contribution in [3.8, 4) is 0 Å². The van der Waals surface area contributed by atoms with Crippen LogP contribution in [0.2, 0.25) is 5.02 Å². The molecule has 1 nitrogen and oxygen atoms in total. The molecule has 0 unspecified atom stereocenters. The topological polar surface area (TPSA) is 12.9 Å². The van der Waals surface area contributed by atoms with E-state index < -0.39 is 5.95 Å². The minimum absolute atomic E-state index is 0.287. The molecular weight excluding hydrogens is 208 g/mol. The van der Waals surface area contributed by atoms with Crippen LogP contribution in [-0.4, -0.2) is 4.98 Å². The van der Waals surface area contributed by atoms with Crippen molar-refractivity contribution in [3.05, 3.63) is 27.7 Å². The molecule has 0 aliphatic rings. The molecule has 48 valence electrons. The van der Waals surface area contributed by atoms with Gasteiger partial charge >= 0.3 is 0 Å². The second-order valence-corrected chi connectivity index (χ2v) is 2.72. The maximum absolute atomic E-state index is 12.3. The number of halogens is 3. The van der Waals surface area contributed by atoms with Crippen LogP contribution in [0.3, 0.4) is 0 Å². The summed E-state index contributed by atoms with van der Waals surface area (Å²) in [5, 5.41) is 0.420. The smallest absolute Gasteiger partial charge is 0.226 e. The molecule has 1 aromatic rings. The van der Waals surface area contributed by atoms with Gasteiger partial charge in [-0.05, 0) is 22.0 Å². The summed E-state index contributed by atoms with van der Waals surface area (Å²) in [5.41, 5.74) is 0.